The van der Waals surface area contributed by atoms with Gasteiger partial charge in [-0.25, -0.2) is 12.8 Å². The second-order valence-corrected chi connectivity index (χ2v) is 9.78. The average Bonchev–Trinajstić information content (AvgIpc) is 3.23. The van der Waals surface area contributed by atoms with Gasteiger partial charge in [-0.15, -0.1) is 0 Å². The molecule has 0 amide bonds. The van der Waals surface area contributed by atoms with Gasteiger partial charge in [0.15, 0.2) is 0 Å². The van der Waals surface area contributed by atoms with Crippen LogP contribution in [0.5, 0.6) is 5.75 Å². The summed E-state index contributed by atoms with van der Waals surface area (Å²) in [4.78, 5) is 11.0. The van der Waals surface area contributed by atoms with Crippen LogP contribution in [-0.2, 0) is 34.3 Å². The van der Waals surface area contributed by atoms with Crippen LogP contribution in [0.3, 0.4) is 0 Å². The molecule has 1 heterocycles. The van der Waals surface area contributed by atoms with Crippen LogP contribution in [0.4, 0.5) is 10.1 Å². The van der Waals surface area contributed by atoms with Crippen LogP contribution in [0.1, 0.15) is 28.7 Å². The second-order valence-electron chi connectivity index (χ2n) is 7.95. The molecule has 3 aromatic rings. The van der Waals surface area contributed by atoms with E-state index in [1.165, 1.54) is 16.4 Å². The smallest absolute Gasteiger partial charge is 0.303 e. The Bertz CT molecular complexity index is 1310. The minimum atomic E-state index is -3.74. The molecule has 0 aromatic heterocycles. The Morgan fingerprint density at radius 1 is 1.09 bits per heavy atom. The van der Waals surface area contributed by atoms with Gasteiger partial charge in [0.2, 0.25) is 0 Å². The van der Waals surface area contributed by atoms with Gasteiger partial charge in [-0.1, -0.05) is 42.5 Å². The van der Waals surface area contributed by atoms with Gasteiger partial charge < -0.3 is 9.84 Å². The normalized spacial score (nSPS) is 13.1. The van der Waals surface area contributed by atoms with Crippen LogP contribution in [0, 0.1) is 12.7 Å². The Hall–Kier alpha value is -3.39. The molecular weight excluding hydrogens is 445 g/mol. The van der Waals surface area contributed by atoms with Gasteiger partial charge >= 0.3 is 5.97 Å². The molecule has 1 N–H and O–H groups in total. The molecule has 6 nitrogen and oxygen atoms in total. The Morgan fingerprint density at radius 3 is 2.61 bits per heavy atom. The number of sulfonamides is 1. The van der Waals surface area contributed by atoms with E-state index in [1.807, 2.05) is 18.2 Å². The molecule has 0 saturated carbocycles. The minimum absolute atomic E-state index is 0.0663. The number of nitrogens with zero attached hydrogens (tertiary/aromatic N) is 1. The third-order valence-electron chi connectivity index (χ3n) is 5.73. The van der Waals surface area contributed by atoms with Gasteiger partial charge in [-0.05, 0) is 48.6 Å². The van der Waals surface area contributed by atoms with Crippen molar-refractivity contribution in [2.75, 3.05) is 10.8 Å². The number of benzene rings is 3. The average molecular weight is 470 g/mol. The zero-order valence-electron chi connectivity index (χ0n) is 18.1. The lowest BCUT2D eigenvalue weighted by Crippen LogP contribution is -2.30. The van der Waals surface area contributed by atoms with Crippen LogP contribution < -0.4 is 9.04 Å². The van der Waals surface area contributed by atoms with E-state index in [9.17, 15) is 17.6 Å². The number of carboxylic acid groups (broad SMARTS) is 1. The number of hydrogen-bond acceptors (Lipinski definition) is 4. The Kier molecular flexibility index (Phi) is 6.37. The molecule has 4 rings (SSSR count). The molecule has 33 heavy (non-hydrogen) atoms. The summed E-state index contributed by atoms with van der Waals surface area (Å²) in [5.41, 5.74) is 3.21. The fourth-order valence-corrected chi connectivity index (χ4v) is 5.81. The van der Waals surface area contributed by atoms with Gasteiger partial charge in [0.05, 0.1) is 10.6 Å². The topological polar surface area (TPSA) is 83.9 Å². The van der Waals surface area contributed by atoms with Gasteiger partial charge in [0.25, 0.3) is 10.0 Å². The SMILES string of the molecule is Cc1ccccc1S(=O)(=O)N1CCc2cccc(COc3ccc(CCC(=O)O)c(F)c3)c21. The van der Waals surface area contributed by atoms with E-state index in [4.69, 9.17) is 9.84 Å². The highest BCUT2D eigenvalue weighted by Crippen LogP contribution is 2.37. The molecule has 8 heteroatoms. The van der Waals surface area contributed by atoms with Crippen LogP contribution in [0.2, 0.25) is 0 Å². The molecular formula is C25H24FNO5S. The summed E-state index contributed by atoms with van der Waals surface area (Å²) >= 11 is 0. The minimum Gasteiger partial charge on any atom is -0.489 e. The third-order valence-corrected chi connectivity index (χ3v) is 7.68. The number of carbonyl (C=O) groups is 1. The molecule has 0 fully saturated rings. The molecule has 0 aliphatic carbocycles. The molecule has 1 aliphatic heterocycles. The summed E-state index contributed by atoms with van der Waals surface area (Å²) in [5, 5.41) is 8.78. The third kappa shape index (κ3) is 4.71. The summed E-state index contributed by atoms with van der Waals surface area (Å²) in [6, 6.07) is 16.8. The number of hydrogen-bond donors (Lipinski definition) is 1. The molecule has 1 aliphatic rings. The van der Waals surface area contributed by atoms with Crippen molar-refractivity contribution in [2.24, 2.45) is 0 Å². The fraction of sp³-hybridized carbons (Fsp3) is 0.240. The van der Waals surface area contributed by atoms with E-state index in [2.05, 4.69) is 0 Å². The van der Waals surface area contributed by atoms with E-state index in [1.54, 1.807) is 37.3 Å². The number of fused-ring (bicyclic) bond motifs is 1. The van der Waals surface area contributed by atoms with Gasteiger partial charge in [-0.3, -0.25) is 9.10 Å². The number of anilines is 1. The second kappa shape index (κ2) is 9.23. The van der Waals surface area contributed by atoms with Crippen molar-refractivity contribution >= 4 is 21.7 Å². The molecule has 0 bridgehead atoms. The van der Waals surface area contributed by atoms with E-state index >= 15 is 0 Å². The van der Waals surface area contributed by atoms with Crippen molar-refractivity contribution in [3.63, 3.8) is 0 Å². The number of para-hydroxylation sites is 1. The van der Waals surface area contributed by atoms with Crippen LogP contribution >= 0.6 is 0 Å². The van der Waals surface area contributed by atoms with Crippen molar-refractivity contribution in [2.45, 2.75) is 37.7 Å². The van der Waals surface area contributed by atoms with Crippen molar-refractivity contribution in [3.8, 4) is 5.75 Å². The number of ether oxygens (including phenoxy) is 1. The first-order chi connectivity index (χ1) is 15.8. The molecule has 0 radical (unpaired) electrons. The van der Waals surface area contributed by atoms with Crippen molar-refractivity contribution < 1.29 is 27.4 Å². The lowest BCUT2D eigenvalue weighted by molar-refractivity contribution is -0.136. The number of carboxylic acids is 1. The quantitative estimate of drug-likeness (QED) is 0.526. The molecule has 0 spiro atoms. The molecule has 0 saturated heterocycles. The maximum Gasteiger partial charge on any atom is 0.303 e. The zero-order valence-corrected chi connectivity index (χ0v) is 18.9. The van der Waals surface area contributed by atoms with Crippen LogP contribution in [0.15, 0.2) is 65.6 Å². The van der Waals surface area contributed by atoms with Crippen LogP contribution in [0.25, 0.3) is 0 Å². The highest BCUT2D eigenvalue weighted by atomic mass is 32.2. The maximum atomic E-state index is 14.3. The van der Waals surface area contributed by atoms with E-state index in [0.717, 1.165) is 5.56 Å². The highest BCUT2D eigenvalue weighted by molar-refractivity contribution is 7.93. The van der Waals surface area contributed by atoms with Gasteiger partial charge in [-0.2, -0.15) is 0 Å². The molecule has 3 aromatic carbocycles. The van der Waals surface area contributed by atoms with Crippen molar-refractivity contribution in [1.29, 1.82) is 0 Å². The standard InChI is InChI=1S/C25H24FNO5S/c1-17-5-2-3-8-23(17)33(30,31)27-14-13-19-6-4-7-20(25(19)27)16-32-21-11-9-18(22(26)15-21)10-12-24(28)29/h2-9,11,15H,10,12-14,16H2,1H3,(H,28,29). The number of aryl methyl sites for hydroxylation is 2. The lowest BCUT2D eigenvalue weighted by atomic mass is 10.1. The monoisotopic (exact) mass is 469 g/mol. The van der Waals surface area contributed by atoms with E-state index in [-0.39, 0.29) is 30.1 Å². The van der Waals surface area contributed by atoms with E-state index in [0.29, 0.717) is 35.3 Å². The predicted octanol–water partition coefficient (Wildman–Crippen LogP) is 4.48. The summed E-state index contributed by atoms with van der Waals surface area (Å²) in [6.45, 7) is 2.18. The summed E-state index contributed by atoms with van der Waals surface area (Å²) in [5.74, 6) is -1.23. The van der Waals surface area contributed by atoms with Gasteiger partial charge in [0, 0.05) is 24.6 Å². The van der Waals surface area contributed by atoms with Crippen molar-refractivity contribution in [3.05, 3.63) is 88.7 Å². The summed E-state index contributed by atoms with van der Waals surface area (Å²) < 4.78 is 48.4. The highest BCUT2D eigenvalue weighted by Gasteiger charge is 2.33. The Balaban J connectivity index is 1.57. The fourth-order valence-electron chi connectivity index (χ4n) is 4.05. The Labute approximate surface area is 192 Å². The molecule has 0 atom stereocenters. The first-order valence-electron chi connectivity index (χ1n) is 10.6. The number of rotatable bonds is 8. The Morgan fingerprint density at radius 2 is 1.88 bits per heavy atom. The van der Waals surface area contributed by atoms with Crippen LogP contribution in [-0.4, -0.2) is 26.0 Å². The maximum absolute atomic E-state index is 14.3. The van der Waals surface area contributed by atoms with Gasteiger partial charge in [0.1, 0.15) is 18.2 Å². The predicted molar refractivity (Wildman–Crippen MR) is 123 cm³/mol. The molecule has 0 unspecified atom stereocenters. The first-order valence-corrected chi connectivity index (χ1v) is 12.0. The van der Waals surface area contributed by atoms with E-state index < -0.39 is 21.8 Å². The first kappa shape index (κ1) is 22.8. The summed E-state index contributed by atoms with van der Waals surface area (Å²) in [6.07, 6.45) is 0.541. The number of aliphatic carboxylic acids is 1. The largest absolute Gasteiger partial charge is 0.489 e. The lowest BCUT2D eigenvalue weighted by Gasteiger charge is -2.23. The summed E-state index contributed by atoms with van der Waals surface area (Å²) in [7, 11) is -3.74. The van der Waals surface area contributed by atoms with Crippen molar-refractivity contribution in [1.82, 2.24) is 0 Å². The zero-order chi connectivity index (χ0) is 23.6. The number of halogens is 1. The molecule has 172 valence electrons.